The Morgan fingerprint density at radius 2 is 2.11 bits per heavy atom. The van der Waals surface area contributed by atoms with Crippen molar-refractivity contribution in [3.8, 4) is 0 Å². The van der Waals surface area contributed by atoms with Crippen LogP contribution >= 0.6 is 11.6 Å². The number of hydrogen-bond acceptors (Lipinski definition) is 3. The van der Waals surface area contributed by atoms with Gasteiger partial charge in [-0.05, 0) is 43.0 Å². The van der Waals surface area contributed by atoms with Crippen molar-refractivity contribution in [3.63, 3.8) is 0 Å². The van der Waals surface area contributed by atoms with Gasteiger partial charge in [0.25, 0.3) is 0 Å². The number of rotatable bonds is 4. The average Bonchev–Trinajstić information content (AvgIpc) is 2.63. The van der Waals surface area contributed by atoms with E-state index < -0.39 is 0 Å². The van der Waals surface area contributed by atoms with E-state index in [-0.39, 0.29) is 6.10 Å². The fourth-order valence-corrected chi connectivity index (χ4v) is 2.75. The van der Waals surface area contributed by atoms with Gasteiger partial charge in [-0.2, -0.15) is 0 Å². The van der Waals surface area contributed by atoms with E-state index in [9.17, 15) is 5.11 Å². The molecule has 0 unspecified atom stereocenters. The van der Waals surface area contributed by atoms with E-state index in [0.29, 0.717) is 17.7 Å². The maximum Gasteiger partial charge on any atom is 0.199 e. The van der Waals surface area contributed by atoms with E-state index in [1.54, 1.807) is 0 Å². The quantitative estimate of drug-likeness (QED) is 0.893. The number of halogens is 1. The molecule has 0 saturated heterocycles. The Bertz CT molecular complexity index is 546. The van der Waals surface area contributed by atoms with Gasteiger partial charge in [0.05, 0.1) is 6.10 Å². The van der Waals surface area contributed by atoms with Crippen LogP contribution in [0, 0.1) is 5.92 Å². The lowest BCUT2D eigenvalue weighted by molar-refractivity contribution is 0.0430. The predicted octanol–water partition coefficient (Wildman–Crippen LogP) is 2.95. The molecule has 1 aliphatic carbocycles. The van der Waals surface area contributed by atoms with Gasteiger partial charge in [0, 0.05) is 17.5 Å². The number of benzene rings is 1. The first-order chi connectivity index (χ1) is 8.74. The van der Waals surface area contributed by atoms with Crippen molar-refractivity contribution in [3.05, 3.63) is 35.0 Å². The van der Waals surface area contributed by atoms with Crippen molar-refractivity contribution in [1.29, 1.82) is 0 Å². The largest absolute Gasteiger partial charge is 0.444 e. The van der Waals surface area contributed by atoms with Crippen LogP contribution in [0.3, 0.4) is 0 Å². The zero-order valence-electron chi connectivity index (χ0n) is 10.0. The molecule has 1 heterocycles. The highest BCUT2D eigenvalue weighted by atomic mass is 35.5. The molecule has 0 aliphatic heterocycles. The molecule has 0 amide bonds. The summed E-state index contributed by atoms with van der Waals surface area (Å²) in [6.07, 6.45) is 1.73. The van der Waals surface area contributed by atoms with Gasteiger partial charge in [0.2, 0.25) is 0 Å². The SMILES string of the molecule is OC1CC(CNCc2c(Cl)oc3ccccc23)C1. The molecule has 1 saturated carbocycles. The Hall–Kier alpha value is -1.03. The standard InChI is InChI=1S/C14H16ClNO2/c15-14-12(8-16-7-9-5-10(17)6-9)11-3-1-2-4-13(11)18-14/h1-4,9-10,16-17H,5-8H2. The van der Waals surface area contributed by atoms with E-state index in [2.05, 4.69) is 5.32 Å². The van der Waals surface area contributed by atoms with Crippen LogP contribution in [0.25, 0.3) is 11.0 Å². The second-order valence-electron chi connectivity index (χ2n) is 4.97. The fourth-order valence-electron chi connectivity index (χ4n) is 2.50. The third-order valence-corrected chi connectivity index (χ3v) is 3.90. The number of para-hydroxylation sites is 1. The van der Waals surface area contributed by atoms with Crippen LogP contribution in [0.5, 0.6) is 0 Å². The van der Waals surface area contributed by atoms with Crippen LogP contribution in [-0.4, -0.2) is 17.8 Å². The lowest BCUT2D eigenvalue weighted by Gasteiger charge is -2.31. The Morgan fingerprint density at radius 1 is 1.33 bits per heavy atom. The Morgan fingerprint density at radius 3 is 2.89 bits per heavy atom. The minimum atomic E-state index is -0.0878. The van der Waals surface area contributed by atoms with Gasteiger partial charge in [-0.3, -0.25) is 0 Å². The molecule has 96 valence electrons. The topological polar surface area (TPSA) is 45.4 Å². The second-order valence-corrected chi connectivity index (χ2v) is 5.32. The summed E-state index contributed by atoms with van der Waals surface area (Å²) in [5.74, 6) is 0.594. The maximum absolute atomic E-state index is 9.22. The third kappa shape index (κ3) is 2.26. The van der Waals surface area contributed by atoms with E-state index >= 15 is 0 Å². The van der Waals surface area contributed by atoms with Crippen LogP contribution in [0.2, 0.25) is 5.22 Å². The van der Waals surface area contributed by atoms with Crippen molar-refractivity contribution in [2.75, 3.05) is 6.54 Å². The number of aliphatic hydroxyl groups is 1. The summed E-state index contributed by atoms with van der Waals surface area (Å²) in [6.45, 7) is 1.63. The molecule has 1 aromatic heterocycles. The van der Waals surface area contributed by atoms with Crippen LogP contribution in [0.1, 0.15) is 18.4 Å². The molecule has 2 aromatic rings. The first-order valence-electron chi connectivity index (χ1n) is 6.28. The summed E-state index contributed by atoms with van der Waals surface area (Å²) < 4.78 is 5.50. The second kappa shape index (κ2) is 4.92. The normalized spacial score (nSPS) is 23.2. The van der Waals surface area contributed by atoms with Gasteiger partial charge in [0.1, 0.15) is 5.58 Å². The lowest BCUT2D eigenvalue weighted by atomic mass is 9.82. The average molecular weight is 266 g/mol. The highest BCUT2D eigenvalue weighted by Crippen LogP contribution is 2.30. The molecule has 18 heavy (non-hydrogen) atoms. The molecular weight excluding hydrogens is 250 g/mol. The molecule has 0 radical (unpaired) electrons. The summed E-state index contributed by atoms with van der Waals surface area (Å²) in [5, 5.41) is 14.2. The van der Waals surface area contributed by atoms with E-state index in [1.807, 2.05) is 24.3 Å². The zero-order chi connectivity index (χ0) is 12.5. The Labute approximate surface area is 111 Å². The summed E-state index contributed by atoms with van der Waals surface area (Å²) in [5.41, 5.74) is 1.85. The molecule has 1 aliphatic rings. The van der Waals surface area contributed by atoms with Gasteiger partial charge in [-0.25, -0.2) is 0 Å². The monoisotopic (exact) mass is 265 g/mol. The Kier molecular flexibility index (Phi) is 3.29. The molecule has 2 N–H and O–H groups in total. The third-order valence-electron chi connectivity index (χ3n) is 3.59. The summed E-state index contributed by atoms with van der Waals surface area (Å²) in [4.78, 5) is 0. The molecule has 1 fully saturated rings. The molecule has 3 rings (SSSR count). The van der Waals surface area contributed by atoms with E-state index in [1.165, 1.54) is 0 Å². The smallest absolute Gasteiger partial charge is 0.199 e. The fraction of sp³-hybridized carbons (Fsp3) is 0.429. The van der Waals surface area contributed by atoms with Gasteiger partial charge < -0.3 is 14.8 Å². The summed E-state index contributed by atoms with van der Waals surface area (Å²) in [7, 11) is 0. The number of fused-ring (bicyclic) bond motifs is 1. The number of furan rings is 1. The molecule has 1 aromatic carbocycles. The van der Waals surface area contributed by atoms with Crippen molar-refractivity contribution >= 4 is 22.6 Å². The minimum Gasteiger partial charge on any atom is -0.444 e. The van der Waals surface area contributed by atoms with Crippen molar-refractivity contribution in [1.82, 2.24) is 5.32 Å². The van der Waals surface area contributed by atoms with Gasteiger partial charge in [-0.1, -0.05) is 18.2 Å². The van der Waals surface area contributed by atoms with Crippen LogP contribution < -0.4 is 5.32 Å². The molecule has 0 atom stereocenters. The summed E-state index contributed by atoms with van der Waals surface area (Å²) >= 11 is 6.11. The van der Waals surface area contributed by atoms with Crippen LogP contribution in [-0.2, 0) is 6.54 Å². The maximum atomic E-state index is 9.22. The van der Waals surface area contributed by atoms with Gasteiger partial charge in [-0.15, -0.1) is 0 Å². The minimum absolute atomic E-state index is 0.0878. The molecule has 4 heteroatoms. The van der Waals surface area contributed by atoms with Crippen molar-refractivity contribution < 1.29 is 9.52 Å². The number of aliphatic hydroxyl groups excluding tert-OH is 1. The molecule has 0 spiro atoms. The van der Waals surface area contributed by atoms with Crippen LogP contribution in [0.4, 0.5) is 0 Å². The highest BCUT2D eigenvalue weighted by molar-refractivity contribution is 6.30. The zero-order valence-corrected chi connectivity index (χ0v) is 10.8. The molecule has 0 bridgehead atoms. The van der Waals surface area contributed by atoms with Gasteiger partial charge in [0.15, 0.2) is 5.22 Å². The first kappa shape index (κ1) is 12.0. The predicted molar refractivity (Wildman–Crippen MR) is 71.7 cm³/mol. The first-order valence-corrected chi connectivity index (χ1v) is 6.66. The Balaban J connectivity index is 1.65. The van der Waals surface area contributed by atoms with Crippen LogP contribution in [0.15, 0.2) is 28.7 Å². The van der Waals surface area contributed by atoms with E-state index in [4.69, 9.17) is 16.0 Å². The highest BCUT2D eigenvalue weighted by Gasteiger charge is 2.26. The lowest BCUT2D eigenvalue weighted by Crippen LogP contribution is -2.35. The number of nitrogens with one attached hydrogen (secondary N) is 1. The van der Waals surface area contributed by atoms with E-state index in [0.717, 1.165) is 35.9 Å². The van der Waals surface area contributed by atoms with Gasteiger partial charge >= 0.3 is 0 Å². The van der Waals surface area contributed by atoms with Crippen molar-refractivity contribution in [2.45, 2.75) is 25.5 Å². The molecular formula is C14H16ClNO2. The summed E-state index contributed by atoms with van der Waals surface area (Å²) in [6, 6.07) is 7.87. The van der Waals surface area contributed by atoms with Crippen molar-refractivity contribution in [2.24, 2.45) is 5.92 Å². The molecule has 3 nitrogen and oxygen atoms in total. The number of hydrogen-bond donors (Lipinski definition) is 2.